The molecule has 0 fully saturated rings. The van der Waals surface area contributed by atoms with Crippen LogP contribution < -0.4 is 4.74 Å². The standard InChI is InChI=1S/C10H6F3NO3/c11-8-2-6(17-10(12)13)1-5(4-14)7(8)3-9(15)16/h1-2,10H,3H2,(H,15,16). The van der Waals surface area contributed by atoms with Gasteiger partial charge in [0.2, 0.25) is 0 Å². The van der Waals surface area contributed by atoms with E-state index in [0.717, 1.165) is 6.07 Å². The van der Waals surface area contributed by atoms with Crippen LogP contribution in [0.5, 0.6) is 5.75 Å². The lowest BCUT2D eigenvalue weighted by molar-refractivity contribution is -0.136. The highest BCUT2D eigenvalue weighted by Crippen LogP contribution is 2.23. The lowest BCUT2D eigenvalue weighted by Crippen LogP contribution is -2.07. The SMILES string of the molecule is N#Cc1cc(OC(F)F)cc(F)c1CC(=O)O. The predicted octanol–water partition coefficient (Wildman–Crippen LogP) is 1.93. The van der Waals surface area contributed by atoms with Crippen molar-refractivity contribution in [2.75, 3.05) is 0 Å². The van der Waals surface area contributed by atoms with Crippen LogP contribution in [0.4, 0.5) is 13.2 Å². The van der Waals surface area contributed by atoms with E-state index in [4.69, 9.17) is 10.4 Å². The maximum atomic E-state index is 13.4. The van der Waals surface area contributed by atoms with Crippen LogP contribution in [-0.4, -0.2) is 17.7 Å². The topological polar surface area (TPSA) is 70.3 Å². The maximum Gasteiger partial charge on any atom is 0.387 e. The van der Waals surface area contributed by atoms with E-state index in [1.165, 1.54) is 6.07 Å². The minimum Gasteiger partial charge on any atom is -0.481 e. The van der Waals surface area contributed by atoms with E-state index in [-0.39, 0.29) is 11.1 Å². The van der Waals surface area contributed by atoms with Crippen molar-refractivity contribution in [2.45, 2.75) is 13.0 Å². The van der Waals surface area contributed by atoms with Crippen LogP contribution in [0.1, 0.15) is 11.1 Å². The molecule has 0 atom stereocenters. The molecule has 0 aliphatic heterocycles. The van der Waals surface area contributed by atoms with E-state index in [1.807, 2.05) is 0 Å². The molecule has 4 nitrogen and oxygen atoms in total. The molecule has 0 amide bonds. The molecule has 1 N–H and O–H groups in total. The van der Waals surface area contributed by atoms with Crippen molar-refractivity contribution in [3.63, 3.8) is 0 Å². The van der Waals surface area contributed by atoms with E-state index in [9.17, 15) is 18.0 Å². The fraction of sp³-hybridized carbons (Fsp3) is 0.200. The molecule has 0 saturated heterocycles. The lowest BCUT2D eigenvalue weighted by atomic mass is 10.0. The van der Waals surface area contributed by atoms with Gasteiger partial charge in [-0.25, -0.2) is 4.39 Å². The number of nitriles is 1. The van der Waals surface area contributed by atoms with Crippen LogP contribution in [0.15, 0.2) is 12.1 Å². The number of ether oxygens (including phenoxy) is 1. The maximum absolute atomic E-state index is 13.4. The summed E-state index contributed by atoms with van der Waals surface area (Å²) in [4.78, 5) is 10.4. The van der Waals surface area contributed by atoms with Gasteiger partial charge in [0, 0.05) is 11.6 Å². The van der Waals surface area contributed by atoms with Gasteiger partial charge in [0.1, 0.15) is 11.6 Å². The molecule has 0 aliphatic carbocycles. The number of benzene rings is 1. The summed E-state index contributed by atoms with van der Waals surface area (Å²) in [6.07, 6.45) is -0.705. The Hall–Kier alpha value is -2.23. The van der Waals surface area contributed by atoms with Crippen molar-refractivity contribution in [2.24, 2.45) is 0 Å². The van der Waals surface area contributed by atoms with Crippen molar-refractivity contribution < 1.29 is 27.8 Å². The number of aliphatic carboxylic acids is 1. The summed E-state index contributed by atoms with van der Waals surface area (Å²) in [5, 5.41) is 17.2. The van der Waals surface area contributed by atoms with Crippen LogP contribution in [0.2, 0.25) is 0 Å². The Morgan fingerprint density at radius 3 is 2.65 bits per heavy atom. The van der Waals surface area contributed by atoms with Crippen molar-refractivity contribution in [1.29, 1.82) is 5.26 Å². The summed E-state index contributed by atoms with van der Waals surface area (Å²) in [6, 6.07) is 3.01. The number of hydrogen-bond acceptors (Lipinski definition) is 3. The number of nitrogens with zero attached hydrogens (tertiary/aromatic N) is 1. The van der Waals surface area contributed by atoms with Gasteiger partial charge in [-0.05, 0) is 6.07 Å². The molecule has 0 heterocycles. The minimum absolute atomic E-state index is 0.344. The van der Waals surface area contributed by atoms with Gasteiger partial charge in [0.25, 0.3) is 0 Å². The van der Waals surface area contributed by atoms with E-state index < -0.39 is 30.6 Å². The molecular weight excluding hydrogens is 239 g/mol. The second-order valence-electron chi connectivity index (χ2n) is 2.99. The molecule has 90 valence electrons. The highest BCUT2D eigenvalue weighted by Gasteiger charge is 2.16. The zero-order valence-electron chi connectivity index (χ0n) is 8.28. The normalized spacial score (nSPS) is 10.1. The van der Waals surface area contributed by atoms with Gasteiger partial charge >= 0.3 is 12.6 Å². The first kappa shape index (κ1) is 12.8. The first-order valence-electron chi connectivity index (χ1n) is 4.33. The van der Waals surface area contributed by atoms with Crippen LogP contribution >= 0.6 is 0 Å². The number of halogens is 3. The summed E-state index contributed by atoms with van der Waals surface area (Å²) >= 11 is 0. The van der Waals surface area contributed by atoms with Crippen LogP contribution in [0, 0.1) is 17.1 Å². The van der Waals surface area contributed by atoms with Gasteiger partial charge in [0.05, 0.1) is 18.1 Å². The number of carboxylic acids is 1. The fourth-order valence-corrected chi connectivity index (χ4v) is 1.21. The second kappa shape index (κ2) is 5.21. The molecule has 0 spiro atoms. The number of carboxylic acid groups (broad SMARTS) is 1. The Labute approximate surface area is 93.8 Å². The smallest absolute Gasteiger partial charge is 0.387 e. The molecule has 0 radical (unpaired) electrons. The summed E-state index contributed by atoms with van der Waals surface area (Å²) in [5.41, 5.74) is -0.704. The van der Waals surface area contributed by atoms with E-state index in [2.05, 4.69) is 4.74 Å². The zero-order valence-corrected chi connectivity index (χ0v) is 8.28. The van der Waals surface area contributed by atoms with Crippen LogP contribution in [0.25, 0.3) is 0 Å². The first-order valence-corrected chi connectivity index (χ1v) is 4.33. The largest absolute Gasteiger partial charge is 0.481 e. The molecule has 0 saturated carbocycles. The molecule has 0 aromatic heterocycles. The molecule has 0 aliphatic rings. The summed E-state index contributed by atoms with van der Waals surface area (Å²) in [7, 11) is 0. The lowest BCUT2D eigenvalue weighted by Gasteiger charge is -2.08. The summed E-state index contributed by atoms with van der Waals surface area (Å²) in [6.45, 7) is -3.15. The molecule has 1 aromatic carbocycles. The van der Waals surface area contributed by atoms with Crippen LogP contribution in [-0.2, 0) is 11.2 Å². The van der Waals surface area contributed by atoms with Gasteiger partial charge in [-0.15, -0.1) is 0 Å². The van der Waals surface area contributed by atoms with Crippen molar-refractivity contribution >= 4 is 5.97 Å². The average molecular weight is 245 g/mol. The molecule has 0 unspecified atom stereocenters. The van der Waals surface area contributed by atoms with Crippen molar-refractivity contribution in [3.05, 3.63) is 29.1 Å². The Morgan fingerprint density at radius 2 is 2.18 bits per heavy atom. The summed E-state index contributed by atoms with van der Waals surface area (Å²) in [5.74, 6) is -2.92. The Bertz CT molecular complexity index is 482. The first-order chi connectivity index (χ1) is 7.93. The highest BCUT2D eigenvalue weighted by atomic mass is 19.3. The Morgan fingerprint density at radius 1 is 1.53 bits per heavy atom. The Kier molecular flexibility index (Phi) is 3.93. The fourth-order valence-electron chi connectivity index (χ4n) is 1.21. The quantitative estimate of drug-likeness (QED) is 0.879. The Balaban J connectivity index is 3.17. The van der Waals surface area contributed by atoms with Crippen molar-refractivity contribution in [3.8, 4) is 11.8 Å². The van der Waals surface area contributed by atoms with Crippen molar-refractivity contribution in [1.82, 2.24) is 0 Å². The molecule has 17 heavy (non-hydrogen) atoms. The van der Waals surface area contributed by atoms with Gasteiger partial charge in [0.15, 0.2) is 0 Å². The number of alkyl halides is 2. The second-order valence-corrected chi connectivity index (χ2v) is 2.99. The number of rotatable bonds is 4. The van der Waals surface area contributed by atoms with Gasteiger partial charge in [-0.3, -0.25) is 4.79 Å². The van der Waals surface area contributed by atoms with E-state index in [0.29, 0.717) is 6.07 Å². The number of hydrogen-bond donors (Lipinski definition) is 1. The zero-order chi connectivity index (χ0) is 13.0. The number of carbonyl (C=O) groups is 1. The third-order valence-corrected chi connectivity index (χ3v) is 1.84. The molecule has 1 aromatic rings. The molecule has 7 heteroatoms. The monoisotopic (exact) mass is 245 g/mol. The molecule has 1 rings (SSSR count). The van der Waals surface area contributed by atoms with Gasteiger partial charge in [-0.1, -0.05) is 0 Å². The van der Waals surface area contributed by atoms with Crippen LogP contribution in [0.3, 0.4) is 0 Å². The molecule has 0 bridgehead atoms. The molecular formula is C10H6F3NO3. The summed E-state index contributed by atoms with van der Waals surface area (Å²) < 4.78 is 41.0. The highest BCUT2D eigenvalue weighted by molar-refractivity contribution is 5.71. The van der Waals surface area contributed by atoms with Gasteiger partial charge < -0.3 is 9.84 Å². The average Bonchev–Trinajstić information content (AvgIpc) is 2.20. The van der Waals surface area contributed by atoms with Gasteiger partial charge in [-0.2, -0.15) is 14.0 Å². The third-order valence-electron chi connectivity index (χ3n) is 1.84. The van der Waals surface area contributed by atoms with E-state index >= 15 is 0 Å². The third kappa shape index (κ3) is 3.38. The minimum atomic E-state index is -3.15. The van der Waals surface area contributed by atoms with E-state index in [1.54, 1.807) is 0 Å². The predicted molar refractivity (Wildman–Crippen MR) is 49.1 cm³/mol.